The predicted molar refractivity (Wildman–Crippen MR) is 76.2 cm³/mol. The number of allylic oxidation sites excluding steroid dienone is 1. The molecule has 0 saturated heterocycles. The van der Waals surface area contributed by atoms with Gasteiger partial charge >= 0.3 is 5.97 Å². The maximum absolute atomic E-state index is 13.7. The Morgan fingerprint density at radius 3 is 2.82 bits per heavy atom. The third-order valence-electron chi connectivity index (χ3n) is 3.76. The molecular weight excluding hydrogens is 292 g/mol. The standard InChI is InChI=1S/C16H17F2NO3/c1-2-3-4-14(16(21)22)19-15(20)12-8-10(12)11-7-9(17)5-6-13(11)18/h2,5-7,10,12,14H,1,3-4,8H2,(H,19,20)(H,21,22). The average molecular weight is 309 g/mol. The Morgan fingerprint density at radius 2 is 2.18 bits per heavy atom. The van der Waals surface area contributed by atoms with Gasteiger partial charge in [0.25, 0.3) is 0 Å². The molecule has 1 aliphatic rings. The third-order valence-corrected chi connectivity index (χ3v) is 3.76. The molecule has 0 aliphatic heterocycles. The minimum atomic E-state index is -1.12. The van der Waals surface area contributed by atoms with Crippen LogP contribution in [0.4, 0.5) is 8.78 Å². The summed E-state index contributed by atoms with van der Waals surface area (Å²) in [7, 11) is 0. The Bertz CT molecular complexity index is 603. The summed E-state index contributed by atoms with van der Waals surface area (Å²) in [5.74, 6) is -3.58. The third kappa shape index (κ3) is 3.69. The second kappa shape index (κ2) is 6.68. The lowest BCUT2D eigenvalue weighted by Gasteiger charge is -2.13. The number of carbonyl (C=O) groups excluding carboxylic acids is 1. The molecule has 1 aromatic rings. The van der Waals surface area contributed by atoms with Crippen molar-refractivity contribution in [1.29, 1.82) is 0 Å². The molecule has 1 amide bonds. The summed E-state index contributed by atoms with van der Waals surface area (Å²) < 4.78 is 26.8. The molecule has 4 nitrogen and oxygen atoms in total. The highest BCUT2D eigenvalue weighted by Crippen LogP contribution is 2.48. The zero-order chi connectivity index (χ0) is 16.3. The SMILES string of the molecule is C=CCCC(NC(=O)C1CC1c1cc(F)ccc1F)C(=O)O. The molecule has 3 atom stereocenters. The van der Waals surface area contributed by atoms with E-state index in [-0.39, 0.29) is 12.0 Å². The van der Waals surface area contributed by atoms with Crippen molar-refractivity contribution in [1.82, 2.24) is 5.32 Å². The van der Waals surface area contributed by atoms with Gasteiger partial charge in [0.05, 0.1) is 0 Å². The second-order valence-electron chi connectivity index (χ2n) is 5.38. The highest BCUT2D eigenvalue weighted by atomic mass is 19.1. The maximum Gasteiger partial charge on any atom is 0.326 e. The van der Waals surface area contributed by atoms with Crippen molar-refractivity contribution in [3.05, 3.63) is 48.1 Å². The van der Waals surface area contributed by atoms with Crippen LogP contribution in [0.25, 0.3) is 0 Å². The van der Waals surface area contributed by atoms with Crippen molar-refractivity contribution >= 4 is 11.9 Å². The Labute approximate surface area is 126 Å². The largest absolute Gasteiger partial charge is 0.480 e. The Balaban J connectivity index is 1.99. The van der Waals surface area contributed by atoms with Crippen molar-refractivity contribution in [2.75, 3.05) is 0 Å². The van der Waals surface area contributed by atoms with Crippen molar-refractivity contribution in [3.63, 3.8) is 0 Å². The summed E-state index contributed by atoms with van der Waals surface area (Å²) in [6, 6.07) is 2.14. The first-order chi connectivity index (χ1) is 10.4. The lowest BCUT2D eigenvalue weighted by atomic mass is 10.1. The summed E-state index contributed by atoms with van der Waals surface area (Å²) in [5.41, 5.74) is 0.165. The minimum absolute atomic E-state index is 0.165. The maximum atomic E-state index is 13.7. The highest BCUT2D eigenvalue weighted by molar-refractivity contribution is 5.87. The smallest absolute Gasteiger partial charge is 0.326 e. The molecule has 2 N–H and O–H groups in total. The Morgan fingerprint density at radius 1 is 1.45 bits per heavy atom. The first kappa shape index (κ1) is 16.1. The van der Waals surface area contributed by atoms with Gasteiger partial charge in [-0.1, -0.05) is 6.08 Å². The van der Waals surface area contributed by atoms with Gasteiger partial charge < -0.3 is 10.4 Å². The zero-order valence-corrected chi connectivity index (χ0v) is 11.9. The van der Waals surface area contributed by atoms with E-state index in [1.54, 1.807) is 6.08 Å². The van der Waals surface area contributed by atoms with Crippen LogP contribution in [0.5, 0.6) is 0 Å². The predicted octanol–water partition coefficient (Wildman–Crippen LogP) is 2.60. The number of carbonyl (C=O) groups is 2. The minimum Gasteiger partial charge on any atom is -0.480 e. The van der Waals surface area contributed by atoms with Gasteiger partial charge in [0, 0.05) is 5.92 Å². The van der Waals surface area contributed by atoms with Crippen molar-refractivity contribution in [3.8, 4) is 0 Å². The molecule has 0 bridgehead atoms. The van der Waals surface area contributed by atoms with E-state index in [1.807, 2.05) is 0 Å². The number of carboxylic acids is 1. The molecule has 1 aromatic carbocycles. The van der Waals surface area contributed by atoms with E-state index >= 15 is 0 Å². The van der Waals surface area contributed by atoms with Crippen LogP contribution in [0.15, 0.2) is 30.9 Å². The summed E-state index contributed by atoms with van der Waals surface area (Å²) >= 11 is 0. The van der Waals surface area contributed by atoms with Gasteiger partial charge in [-0.3, -0.25) is 4.79 Å². The molecule has 0 spiro atoms. The van der Waals surface area contributed by atoms with Gasteiger partial charge in [-0.2, -0.15) is 0 Å². The van der Waals surface area contributed by atoms with E-state index in [1.165, 1.54) is 0 Å². The van der Waals surface area contributed by atoms with E-state index in [0.717, 1.165) is 18.2 Å². The van der Waals surface area contributed by atoms with Crippen LogP contribution in [-0.4, -0.2) is 23.0 Å². The fourth-order valence-electron chi connectivity index (χ4n) is 2.45. The Kier molecular flexibility index (Phi) is 4.90. The number of hydrogen-bond donors (Lipinski definition) is 2. The van der Waals surface area contributed by atoms with Gasteiger partial charge in [-0.15, -0.1) is 6.58 Å². The molecule has 0 aromatic heterocycles. The number of halogens is 2. The monoisotopic (exact) mass is 309 g/mol. The summed E-state index contributed by atoms with van der Waals surface area (Å²) in [6.45, 7) is 3.51. The van der Waals surface area contributed by atoms with Gasteiger partial charge in [0.15, 0.2) is 0 Å². The quantitative estimate of drug-likeness (QED) is 0.761. The van der Waals surface area contributed by atoms with Crippen LogP contribution in [0.1, 0.15) is 30.7 Å². The fourth-order valence-corrected chi connectivity index (χ4v) is 2.45. The van der Waals surface area contributed by atoms with E-state index in [0.29, 0.717) is 12.8 Å². The molecule has 0 radical (unpaired) electrons. The summed E-state index contributed by atoms with van der Waals surface area (Å²) in [5, 5.41) is 11.5. The second-order valence-corrected chi connectivity index (χ2v) is 5.38. The lowest BCUT2D eigenvalue weighted by molar-refractivity contribution is -0.142. The molecule has 0 heterocycles. The average Bonchev–Trinajstić information content (AvgIpc) is 3.25. The van der Waals surface area contributed by atoms with E-state index in [2.05, 4.69) is 11.9 Å². The zero-order valence-electron chi connectivity index (χ0n) is 11.9. The van der Waals surface area contributed by atoms with E-state index in [4.69, 9.17) is 5.11 Å². The van der Waals surface area contributed by atoms with Gasteiger partial charge in [0.1, 0.15) is 17.7 Å². The normalized spacial score (nSPS) is 21.0. The molecule has 1 saturated carbocycles. The first-order valence-electron chi connectivity index (χ1n) is 7.03. The molecule has 3 unspecified atom stereocenters. The van der Waals surface area contributed by atoms with Crippen LogP contribution in [0, 0.1) is 17.6 Å². The van der Waals surface area contributed by atoms with Gasteiger partial charge in [0.2, 0.25) is 5.91 Å². The van der Waals surface area contributed by atoms with Crippen LogP contribution in [0.2, 0.25) is 0 Å². The lowest BCUT2D eigenvalue weighted by Crippen LogP contribution is -2.41. The number of nitrogens with one attached hydrogen (secondary N) is 1. The molecule has 1 fully saturated rings. The molecule has 6 heteroatoms. The Hall–Kier alpha value is -2.24. The first-order valence-corrected chi connectivity index (χ1v) is 7.03. The summed E-state index contributed by atoms with van der Waals surface area (Å²) in [6.07, 6.45) is 2.67. The molecular formula is C16H17F2NO3. The van der Waals surface area contributed by atoms with Crippen molar-refractivity contribution in [2.45, 2.75) is 31.2 Å². The fraction of sp³-hybridized carbons (Fsp3) is 0.375. The van der Waals surface area contributed by atoms with Crippen LogP contribution in [-0.2, 0) is 9.59 Å². The number of hydrogen-bond acceptors (Lipinski definition) is 2. The number of rotatable bonds is 7. The molecule has 22 heavy (non-hydrogen) atoms. The van der Waals surface area contributed by atoms with Crippen LogP contribution in [0.3, 0.4) is 0 Å². The highest BCUT2D eigenvalue weighted by Gasteiger charge is 2.46. The molecule has 1 aliphatic carbocycles. The number of aliphatic carboxylic acids is 1. The van der Waals surface area contributed by atoms with Gasteiger partial charge in [-0.25, -0.2) is 13.6 Å². The molecule has 118 valence electrons. The van der Waals surface area contributed by atoms with E-state index < -0.39 is 41.4 Å². The van der Waals surface area contributed by atoms with Gasteiger partial charge in [-0.05, 0) is 48.9 Å². The number of amides is 1. The van der Waals surface area contributed by atoms with E-state index in [9.17, 15) is 18.4 Å². The number of carboxylic acid groups (broad SMARTS) is 1. The van der Waals surface area contributed by atoms with Crippen molar-refractivity contribution in [2.24, 2.45) is 5.92 Å². The molecule has 2 rings (SSSR count). The number of benzene rings is 1. The topological polar surface area (TPSA) is 66.4 Å². The van der Waals surface area contributed by atoms with Crippen LogP contribution >= 0.6 is 0 Å². The van der Waals surface area contributed by atoms with Crippen molar-refractivity contribution < 1.29 is 23.5 Å². The summed E-state index contributed by atoms with van der Waals surface area (Å²) in [4.78, 5) is 23.1. The van der Waals surface area contributed by atoms with Crippen LogP contribution < -0.4 is 5.32 Å².